The Kier molecular flexibility index (Phi) is 4.45. The van der Waals surface area contributed by atoms with E-state index in [-0.39, 0.29) is 5.91 Å². The number of nitrogens with zero attached hydrogens (tertiary/aromatic N) is 2. The van der Waals surface area contributed by atoms with Gasteiger partial charge in [-0.2, -0.15) is 0 Å². The van der Waals surface area contributed by atoms with Gasteiger partial charge in [0.2, 0.25) is 0 Å². The monoisotopic (exact) mass is 354 g/mol. The minimum Gasteiger partial charge on any atom is -0.496 e. The second kappa shape index (κ2) is 5.93. The fraction of sp³-hybridized carbons (Fsp3) is 0.286. The molecule has 106 valence electrons. The summed E-state index contributed by atoms with van der Waals surface area (Å²) in [7, 11) is 3.40. The van der Waals surface area contributed by atoms with Crippen LogP contribution in [0.1, 0.15) is 12.5 Å². The Bertz CT molecular complexity index is 601. The summed E-state index contributed by atoms with van der Waals surface area (Å²) in [5.74, 6) is 0.629. The first-order chi connectivity index (χ1) is 9.49. The highest BCUT2D eigenvalue weighted by molar-refractivity contribution is 9.10. The Morgan fingerprint density at radius 2 is 2.15 bits per heavy atom. The molecule has 20 heavy (non-hydrogen) atoms. The number of likely N-dealkylation sites (N-methyl/N-ethyl adjacent to an activating group) is 2. The third-order valence-corrected chi connectivity index (χ3v) is 4.13. The van der Waals surface area contributed by atoms with Gasteiger partial charge in [-0.3, -0.25) is 9.69 Å². The molecule has 1 aliphatic rings. The lowest BCUT2D eigenvalue weighted by Gasteiger charge is -2.13. The van der Waals surface area contributed by atoms with Gasteiger partial charge in [-0.25, -0.2) is 0 Å². The van der Waals surface area contributed by atoms with Crippen LogP contribution >= 0.6 is 28.1 Å². The van der Waals surface area contributed by atoms with E-state index >= 15 is 0 Å². The zero-order valence-corrected chi connectivity index (χ0v) is 13.9. The third-order valence-electron chi connectivity index (χ3n) is 3.14. The maximum absolute atomic E-state index is 12.3. The Labute approximate surface area is 132 Å². The second-order valence-corrected chi connectivity index (χ2v) is 5.59. The molecule has 2 rings (SSSR count). The van der Waals surface area contributed by atoms with Gasteiger partial charge in [0, 0.05) is 23.6 Å². The molecule has 0 radical (unpaired) electrons. The topological polar surface area (TPSA) is 32.8 Å². The number of hydrogen-bond donors (Lipinski definition) is 0. The predicted octanol–water partition coefficient (Wildman–Crippen LogP) is 2.88. The summed E-state index contributed by atoms with van der Waals surface area (Å²) in [4.78, 5) is 15.6. The predicted molar refractivity (Wildman–Crippen MR) is 86.4 cm³/mol. The molecular formula is C14H15BrN2O2S. The normalized spacial score (nSPS) is 17.3. The molecule has 0 spiro atoms. The van der Waals surface area contributed by atoms with Crippen molar-refractivity contribution >= 4 is 45.2 Å². The van der Waals surface area contributed by atoms with Crippen LogP contribution < -0.4 is 4.74 Å². The SMILES string of the molecule is CCN1C(=O)C(=Cc2cc(Br)ccc2OC)N(C)C1=S. The molecule has 1 saturated heterocycles. The van der Waals surface area contributed by atoms with Crippen molar-refractivity contribution in [3.05, 3.63) is 33.9 Å². The van der Waals surface area contributed by atoms with Gasteiger partial charge in [-0.15, -0.1) is 0 Å². The molecule has 0 aromatic heterocycles. The quantitative estimate of drug-likeness (QED) is 0.617. The highest BCUT2D eigenvalue weighted by Crippen LogP contribution is 2.28. The summed E-state index contributed by atoms with van der Waals surface area (Å²) in [5, 5.41) is 0.526. The Morgan fingerprint density at radius 1 is 1.45 bits per heavy atom. The van der Waals surface area contributed by atoms with Crippen LogP contribution in [0.5, 0.6) is 5.75 Å². The maximum atomic E-state index is 12.3. The van der Waals surface area contributed by atoms with Crippen LogP contribution in [0.15, 0.2) is 28.4 Å². The summed E-state index contributed by atoms with van der Waals surface area (Å²) in [6, 6.07) is 5.65. The zero-order valence-electron chi connectivity index (χ0n) is 11.5. The maximum Gasteiger partial charge on any atom is 0.276 e. The number of halogens is 1. The summed E-state index contributed by atoms with van der Waals surface area (Å²) in [6.07, 6.45) is 1.80. The Hall–Kier alpha value is -1.40. The Morgan fingerprint density at radius 3 is 2.70 bits per heavy atom. The highest BCUT2D eigenvalue weighted by Gasteiger charge is 2.34. The number of thiocarbonyl (C=S) groups is 1. The van der Waals surface area contributed by atoms with E-state index in [2.05, 4.69) is 15.9 Å². The number of carbonyl (C=O) groups excluding carboxylic acids is 1. The van der Waals surface area contributed by atoms with E-state index in [0.717, 1.165) is 10.0 Å². The molecule has 0 atom stereocenters. The Balaban J connectivity index is 2.48. The molecule has 4 nitrogen and oxygen atoms in total. The van der Waals surface area contributed by atoms with E-state index in [1.165, 1.54) is 0 Å². The molecule has 1 aliphatic heterocycles. The summed E-state index contributed by atoms with van der Waals surface area (Å²) < 4.78 is 6.24. The smallest absolute Gasteiger partial charge is 0.276 e. The molecule has 6 heteroatoms. The molecule has 1 heterocycles. The van der Waals surface area contributed by atoms with Gasteiger partial charge in [0.25, 0.3) is 5.91 Å². The van der Waals surface area contributed by atoms with Crippen molar-refractivity contribution in [2.24, 2.45) is 0 Å². The largest absolute Gasteiger partial charge is 0.496 e. The lowest BCUT2D eigenvalue weighted by atomic mass is 10.1. The van der Waals surface area contributed by atoms with E-state index in [9.17, 15) is 4.79 Å². The van der Waals surface area contributed by atoms with Crippen molar-refractivity contribution in [3.63, 3.8) is 0 Å². The fourth-order valence-electron chi connectivity index (χ4n) is 2.06. The first-order valence-corrected chi connectivity index (χ1v) is 7.34. The molecule has 0 saturated carbocycles. The molecule has 1 amide bonds. The lowest BCUT2D eigenvalue weighted by molar-refractivity contribution is -0.122. The minimum absolute atomic E-state index is 0.0815. The van der Waals surface area contributed by atoms with Crippen molar-refractivity contribution in [2.45, 2.75) is 6.92 Å². The van der Waals surface area contributed by atoms with Crippen LogP contribution in [0.3, 0.4) is 0 Å². The van der Waals surface area contributed by atoms with Crippen molar-refractivity contribution in [1.82, 2.24) is 9.80 Å². The standard InChI is InChI=1S/C14H15BrN2O2S/c1-4-17-13(18)11(16(2)14(17)20)8-9-7-10(15)5-6-12(9)19-3/h5-8H,4H2,1-3H3. The summed E-state index contributed by atoms with van der Waals surface area (Å²) >= 11 is 8.69. The van der Waals surface area contributed by atoms with Crippen molar-refractivity contribution in [2.75, 3.05) is 20.7 Å². The number of benzene rings is 1. The van der Waals surface area contributed by atoms with E-state index in [0.29, 0.717) is 23.1 Å². The average molecular weight is 355 g/mol. The van der Waals surface area contributed by atoms with Gasteiger partial charge < -0.3 is 9.64 Å². The van der Waals surface area contributed by atoms with E-state index in [1.807, 2.05) is 25.1 Å². The van der Waals surface area contributed by atoms with Gasteiger partial charge in [0.1, 0.15) is 11.4 Å². The zero-order chi connectivity index (χ0) is 14.9. The number of carbonyl (C=O) groups is 1. The first kappa shape index (κ1) is 15.0. The average Bonchev–Trinajstić information content (AvgIpc) is 2.63. The van der Waals surface area contributed by atoms with Crippen molar-refractivity contribution in [1.29, 1.82) is 0 Å². The molecule has 0 bridgehead atoms. The van der Waals surface area contributed by atoms with Crippen LogP contribution in [-0.4, -0.2) is 41.5 Å². The van der Waals surface area contributed by atoms with Crippen molar-refractivity contribution in [3.8, 4) is 5.75 Å². The van der Waals surface area contributed by atoms with Crippen LogP contribution in [0.25, 0.3) is 6.08 Å². The number of amides is 1. The fourth-order valence-corrected chi connectivity index (χ4v) is 2.74. The van der Waals surface area contributed by atoms with Crippen LogP contribution in [0.4, 0.5) is 0 Å². The number of rotatable bonds is 3. The minimum atomic E-state index is -0.0815. The number of ether oxygens (including phenoxy) is 1. The van der Waals surface area contributed by atoms with E-state index in [4.69, 9.17) is 17.0 Å². The lowest BCUT2D eigenvalue weighted by Crippen LogP contribution is -2.30. The molecule has 1 aromatic rings. The number of hydrogen-bond acceptors (Lipinski definition) is 3. The molecule has 0 unspecified atom stereocenters. The van der Waals surface area contributed by atoms with Crippen molar-refractivity contribution < 1.29 is 9.53 Å². The molecule has 1 fully saturated rings. The highest BCUT2D eigenvalue weighted by atomic mass is 79.9. The first-order valence-electron chi connectivity index (χ1n) is 6.14. The van der Waals surface area contributed by atoms with Gasteiger partial charge >= 0.3 is 0 Å². The van der Waals surface area contributed by atoms with Crippen LogP contribution in [0, 0.1) is 0 Å². The summed E-state index contributed by atoms with van der Waals surface area (Å²) in [6.45, 7) is 2.47. The van der Waals surface area contributed by atoms with E-state index in [1.54, 1.807) is 30.0 Å². The van der Waals surface area contributed by atoms with E-state index < -0.39 is 0 Å². The van der Waals surface area contributed by atoms with Gasteiger partial charge in [-0.1, -0.05) is 15.9 Å². The van der Waals surface area contributed by atoms with Gasteiger partial charge in [0.05, 0.1) is 7.11 Å². The molecule has 1 aromatic carbocycles. The number of methoxy groups -OCH3 is 1. The molecular weight excluding hydrogens is 340 g/mol. The molecule has 0 N–H and O–H groups in total. The second-order valence-electron chi connectivity index (χ2n) is 4.31. The third kappa shape index (κ3) is 2.58. The van der Waals surface area contributed by atoms with Crippen LogP contribution in [0.2, 0.25) is 0 Å². The van der Waals surface area contributed by atoms with Gasteiger partial charge in [0.15, 0.2) is 5.11 Å². The summed E-state index contributed by atoms with van der Waals surface area (Å²) in [5.41, 5.74) is 1.38. The van der Waals surface area contributed by atoms with Gasteiger partial charge in [-0.05, 0) is 43.4 Å². The molecule has 0 aliphatic carbocycles. The van der Waals surface area contributed by atoms with Crippen LogP contribution in [-0.2, 0) is 4.79 Å².